The largest absolute Gasteiger partial charge is 0.453 e. The van der Waals surface area contributed by atoms with Gasteiger partial charge in [-0.3, -0.25) is 4.98 Å². The van der Waals surface area contributed by atoms with Crippen molar-refractivity contribution in [3.63, 3.8) is 0 Å². The highest BCUT2D eigenvalue weighted by atomic mass is 35.5. The van der Waals surface area contributed by atoms with Gasteiger partial charge in [0.25, 0.3) is 0 Å². The zero-order valence-corrected chi connectivity index (χ0v) is 10.2. The minimum Gasteiger partial charge on any atom is -0.453 e. The maximum atomic E-state index is 6.05. The van der Waals surface area contributed by atoms with Crippen molar-refractivity contribution in [2.45, 2.75) is 19.4 Å². The number of furan rings is 1. The van der Waals surface area contributed by atoms with Crippen LogP contribution in [0, 0.1) is 0 Å². The summed E-state index contributed by atoms with van der Waals surface area (Å²) in [5.74, 6) is 0.718. The van der Waals surface area contributed by atoms with Crippen molar-refractivity contribution < 1.29 is 9.25 Å². The molecule has 0 aromatic carbocycles. The Hall–Kier alpha value is -1.52. The van der Waals surface area contributed by atoms with Gasteiger partial charge in [-0.1, -0.05) is 11.6 Å². The number of rotatable bonds is 1. The molecule has 17 heavy (non-hydrogen) atoms. The molecule has 0 saturated heterocycles. The highest BCUT2D eigenvalue weighted by Gasteiger charge is 2.32. The molecule has 0 atom stereocenters. The summed E-state index contributed by atoms with van der Waals surface area (Å²) in [4.78, 5) is 9.34. The average Bonchev–Trinajstić information content (AvgIpc) is 2.81. The second-order valence-electron chi connectivity index (χ2n) is 4.49. The van der Waals surface area contributed by atoms with Crippen LogP contribution in [-0.2, 0) is 4.84 Å². The monoisotopic (exact) mass is 250 g/mol. The predicted octanol–water partition coefficient (Wildman–Crippen LogP) is 3.14. The Labute approximate surface area is 103 Å². The Kier molecular flexibility index (Phi) is 2.18. The molecule has 0 fully saturated rings. The standard InChI is InChI=1S/C12H11ClN2O2/c1-12(2)7(6-16-15-12)10-5-9-11(17-10)8(13)3-4-14-9/h3-6,15H,1-2H3. The second kappa shape index (κ2) is 3.48. The van der Waals surface area contributed by atoms with Crippen LogP contribution in [0.1, 0.15) is 19.6 Å². The van der Waals surface area contributed by atoms with E-state index in [4.69, 9.17) is 20.9 Å². The first kappa shape index (κ1) is 10.6. The van der Waals surface area contributed by atoms with E-state index in [0.29, 0.717) is 10.6 Å². The van der Waals surface area contributed by atoms with Crippen molar-refractivity contribution in [1.29, 1.82) is 0 Å². The van der Waals surface area contributed by atoms with E-state index < -0.39 is 0 Å². The molecular formula is C12H11ClN2O2. The van der Waals surface area contributed by atoms with Gasteiger partial charge in [-0.15, -0.1) is 5.48 Å². The Balaban J connectivity index is 2.17. The smallest absolute Gasteiger partial charge is 0.171 e. The third-order valence-electron chi connectivity index (χ3n) is 2.79. The summed E-state index contributed by atoms with van der Waals surface area (Å²) >= 11 is 6.05. The van der Waals surface area contributed by atoms with Crippen molar-refractivity contribution in [3.05, 3.63) is 35.4 Å². The summed E-state index contributed by atoms with van der Waals surface area (Å²) in [5, 5.41) is 0.562. The van der Waals surface area contributed by atoms with Gasteiger partial charge in [0, 0.05) is 12.3 Å². The molecule has 0 bridgehead atoms. The molecule has 88 valence electrons. The first-order valence-corrected chi connectivity index (χ1v) is 5.63. The number of hydroxylamine groups is 1. The van der Waals surface area contributed by atoms with E-state index in [1.807, 2.05) is 19.9 Å². The SMILES string of the molecule is CC1(C)NOC=C1c1cc2nccc(Cl)c2o1. The third kappa shape index (κ3) is 1.61. The number of hydrogen-bond acceptors (Lipinski definition) is 4. The zero-order chi connectivity index (χ0) is 12.0. The molecule has 2 aromatic rings. The number of halogens is 1. The summed E-state index contributed by atoms with van der Waals surface area (Å²) in [7, 11) is 0. The van der Waals surface area contributed by atoms with Crippen LogP contribution in [0.4, 0.5) is 0 Å². The lowest BCUT2D eigenvalue weighted by Crippen LogP contribution is -2.34. The number of pyridine rings is 1. The lowest BCUT2D eigenvalue weighted by molar-refractivity contribution is 0.114. The van der Waals surface area contributed by atoms with Crippen LogP contribution in [-0.4, -0.2) is 10.5 Å². The van der Waals surface area contributed by atoms with Crippen molar-refractivity contribution in [2.24, 2.45) is 0 Å². The van der Waals surface area contributed by atoms with Crippen molar-refractivity contribution in [2.75, 3.05) is 0 Å². The molecule has 5 heteroatoms. The molecule has 0 amide bonds. The van der Waals surface area contributed by atoms with Gasteiger partial charge in [-0.05, 0) is 19.9 Å². The van der Waals surface area contributed by atoms with Crippen molar-refractivity contribution in [3.8, 4) is 0 Å². The van der Waals surface area contributed by atoms with E-state index >= 15 is 0 Å². The number of nitrogens with zero attached hydrogens (tertiary/aromatic N) is 1. The summed E-state index contributed by atoms with van der Waals surface area (Å²) in [6, 6.07) is 3.57. The fraction of sp³-hybridized carbons (Fsp3) is 0.250. The molecule has 1 aliphatic rings. The van der Waals surface area contributed by atoms with Gasteiger partial charge in [0.1, 0.15) is 17.5 Å². The van der Waals surface area contributed by atoms with Crippen LogP contribution >= 0.6 is 11.6 Å². The minimum atomic E-state index is -0.291. The Morgan fingerprint density at radius 2 is 2.24 bits per heavy atom. The molecule has 0 saturated carbocycles. The summed E-state index contributed by atoms with van der Waals surface area (Å²) < 4.78 is 5.74. The lowest BCUT2D eigenvalue weighted by atomic mass is 9.95. The van der Waals surface area contributed by atoms with E-state index in [-0.39, 0.29) is 5.54 Å². The average molecular weight is 251 g/mol. The van der Waals surface area contributed by atoms with Crippen LogP contribution in [0.25, 0.3) is 16.7 Å². The summed E-state index contributed by atoms with van der Waals surface area (Å²) in [5.41, 5.74) is 4.89. The molecule has 3 rings (SSSR count). The molecule has 1 N–H and O–H groups in total. The third-order valence-corrected chi connectivity index (χ3v) is 3.09. The molecule has 0 spiro atoms. The van der Waals surface area contributed by atoms with Gasteiger partial charge in [-0.25, -0.2) is 0 Å². The molecule has 1 aliphatic heterocycles. The zero-order valence-electron chi connectivity index (χ0n) is 9.45. The normalized spacial score (nSPS) is 18.2. The Morgan fingerprint density at radius 1 is 1.41 bits per heavy atom. The van der Waals surface area contributed by atoms with Gasteiger partial charge < -0.3 is 9.25 Å². The van der Waals surface area contributed by atoms with Crippen molar-refractivity contribution in [1.82, 2.24) is 10.5 Å². The fourth-order valence-electron chi connectivity index (χ4n) is 1.84. The number of nitrogens with one attached hydrogen (secondary N) is 1. The van der Waals surface area contributed by atoms with E-state index in [2.05, 4.69) is 10.5 Å². The maximum Gasteiger partial charge on any atom is 0.171 e. The van der Waals surface area contributed by atoms with Crippen LogP contribution in [0.2, 0.25) is 5.02 Å². The van der Waals surface area contributed by atoms with E-state index in [1.165, 1.54) is 0 Å². The van der Waals surface area contributed by atoms with E-state index in [1.54, 1.807) is 18.5 Å². The first-order valence-electron chi connectivity index (χ1n) is 5.26. The molecule has 0 radical (unpaired) electrons. The van der Waals surface area contributed by atoms with Crippen LogP contribution in [0.5, 0.6) is 0 Å². The van der Waals surface area contributed by atoms with Crippen LogP contribution in [0.3, 0.4) is 0 Å². The molecule has 0 aliphatic carbocycles. The molecule has 3 heterocycles. The number of fused-ring (bicyclic) bond motifs is 1. The van der Waals surface area contributed by atoms with Crippen LogP contribution < -0.4 is 5.48 Å². The highest BCUT2D eigenvalue weighted by Crippen LogP contribution is 2.35. The molecule has 0 unspecified atom stereocenters. The van der Waals surface area contributed by atoms with Crippen LogP contribution in [0.15, 0.2) is 29.0 Å². The number of aromatic nitrogens is 1. The van der Waals surface area contributed by atoms with Gasteiger partial charge >= 0.3 is 0 Å². The predicted molar refractivity (Wildman–Crippen MR) is 65.3 cm³/mol. The molecule has 4 nitrogen and oxygen atoms in total. The Morgan fingerprint density at radius 3 is 2.88 bits per heavy atom. The Bertz CT molecular complexity index is 616. The van der Waals surface area contributed by atoms with Gasteiger partial charge in [0.05, 0.1) is 16.1 Å². The maximum absolute atomic E-state index is 6.05. The van der Waals surface area contributed by atoms with Crippen molar-refractivity contribution >= 4 is 28.3 Å². The van der Waals surface area contributed by atoms with Gasteiger partial charge in [0.2, 0.25) is 0 Å². The van der Waals surface area contributed by atoms with Gasteiger partial charge in [0.15, 0.2) is 5.58 Å². The van der Waals surface area contributed by atoms with E-state index in [0.717, 1.165) is 16.9 Å². The minimum absolute atomic E-state index is 0.291. The molecule has 2 aromatic heterocycles. The van der Waals surface area contributed by atoms with E-state index in [9.17, 15) is 0 Å². The quantitative estimate of drug-likeness (QED) is 0.845. The van der Waals surface area contributed by atoms with Gasteiger partial charge in [-0.2, -0.15) is 0 Å². The topological polar surface area (TPSA) is 47.3 Å². The first-order chi connectivity index (χ1) is 8.08. The summed E-state index contributed by atoms with van der Waals surface area (Å²) in [6.07, 6.45) is 3.30. The highest BCUT2D eigenvalue weighted by molar-refractivity contribution is 6.34. The molecular weight excluding hydrogens is 240 g/mol. The second-order valence-corrected chi connectivity index (χ2v) is 4.90. The fourth-order valence-corrected chi connectivity index (χ4v) is 2.04. The lowest BCUT2D eigenvalue weighted by Gasteiger charge is -2.18. The number of hydrogen-bond donors (Lipinski definition) is 1. The summed E-state index contributed by atoms with van der Waals surface area (Å²) in [6.45, 7) is 4.02.